The average Bonchev–Trinajstić information content (AvgIpc) is 3.57. The minimum absolute atomic E-state index is 0.00498. The van der Waals surface area contributed by atoms with Gasteiger partial charge in [-0.15, -0.1) is 11.3 Å². The molecular formula is C28H25N5O3S2. The maximum atomic E-state index is 13.7. The lowest BCUT2D eigenvalue weighted by Gasteiger charge is -2.12. The number of fused-ring (bicyclic) bond motifs is 3. The maximum absolute atomic E-state index is 13.7. The molecule has 1 aliphatic rings. The van der Waals surface area contributed by atoms with Crippen LogP contribution in [0.5, 0.6) is 0 Å². The Morgan fingerprint density at radius 1 is 1.00 bits per heavy atom. The first-order valence-corrected chi connectivity index (χ1v) is 14.1. The minimum Gasteiger partial charge on any atom is -0.319 e. The van der Waals surface area contributed by atoms with E-state index < -0.39 is 0 Å². The Labute approximate surface area is 226 Å². The number of para-hydroxylation sites is 2. The SMILES string of the molecule is Cc1c(NC(=O)CSc2nc3sc4c(c3c(=O)n2-c2ccccc2)CCC4)c(=O)n(-c2ccccc2)n1C. The van der Waals surface area contributed by atoms with E-state index in [-0.39, 0.29) is 28.5 Å². The van der Waals surface area contributed by atoms with Crippen LogP contribution in [0.1, 0.15) is 22.6 Å². The number of hydrogen-bond donors (Lipinski definition) is 1. The van der Waals surface area contributed by atoms with E-state index in [2.05, 4.69) is 5.32 Å². The van der Waals surface area contributed by atoms with Gasteiger partial charge < -0.3 is 5.32 Å². The summed E-state index contributed by atoms with van der Waals surface area (Å²) in [5.74, 6) is -0.349. The van der Waals surface area contributed by atoms with E-state index in [0.717, 1.165) is 29.7 Å². The van der Waals surface area contributed by atoms with Gasteiger partial charge in [0.05, 0.1) is 28.2 Å². The predicted molar refractivity (Wildman–Crippen MR) is 152 cm³/mol. The van der Waals surface area contributed by atoms with Crippen molar-refractivity contribution in [3.63, 3.8) is 0 Å². The van der Waals surface area contributed by atoms with Crippen molar-refractivity contribution >= 4 is 44.9 Å². The molecule has 1 aliphatic carbocycles. The normalized spacial score (nSPS) is 12.7. The Bertz CT molecular complexity index is 1800. The van der Waals surface area contributed by atoms with Crippen molar-refractivity contribution in [3.8, 4) is 11.4 Å². The van der Waals surface area contributed by atoms with Crippen LogP contribution in [0.2, 0.25) is 0 Å². The number of thioether (sulfide) groups is 1. The Morgan fingerprint density at radius 3 is 2.39 bits per heavy atom. The summed E-state index contributed by atoms with van der Waals surface area (Å²) in [6.07, 6.45) is 2.93. The number of carbonyl (C=O) groups is 1. The number of aromatic nitrogens is 4. The zero-order valence-corrected chi connectivity index (χ0v) is 22.6. The van der Waals surface area contributed by atoms with E-state index in [1.54, 1.807) is 34.6 Å². The number of hydrogen-bond acceptors (Lipinski definition) is 6. The third-order valence-corrected chi connectivity index (χ3v) is 9.00. The molecule has 8 nitrogen and oxygen atoms in total. The molecule has 0 saturated heterocycles. The molecule has 6 rings (SSSR count). The zero-order valence-electron chi connectivity index (χ0n) is 20.9. The van der Waals surface area contributed by atoms with Crippen LogP contribution < -0.4 is 16.4 Å². The summed E-state index contributed by atoms with van der Waals surface area (Å²) in [5.41, 5.74) is 3.02. The van der Waals surface area contributed by atoms with Crippen molar-refractivity contribution in [1.82, 2.24) is 18.9 Å². The summed E-state index contributed by atoms with van der Waals surface area (Å²) in [4.78, 5) is 46.8. The fourth-order valence-electron chi connectivity index (χ4n) is 4.94. The molecule has 5 aromatic rings. The highest BCUT2D eigenvalue weighted by molar-refractivity contribution is 7.99. The first-order valence-electron chi connectivity index (χ1n) is 12.3. The molecule has 192 valence electrons. The van der Waals surface area contributed by atoms with Crippen molar-refractivity contribution in [1.29, 1.82) is 0 Å². The summed E-state index contributed by atoms with van der Waals surface area (Å²) < 4.78 is 4.84. The van der Waals surface area contributed by atoms with Crippen LogP contribution in [0.15, 0.2) is 75.4 Å². The molecule has 0 spiro atoms. The fraction of sp³-hybridized carbons (Fsp3) is 0.214. The number of aryl methyl sites for hydroxylation is 2. The van der Waals surface area contributed by atoms with Gasteiger partial charge in [0.15, 0.2) is 5.16 Å². The summed E-state index contributed by atoms with van der Waals surface area (Å²) in [6, 6.07) is 18.7. The average molecular weight is 544 g/mol. The summed E-state index contributed by atoms with van der Waals surface area (Å²) in [5, 5.41) is 3.95. The van der Waals surface area contributed by atoms with E-state index in [1.165, 1.54) is 21.3 Å². The second-order valence-electron chi connectivity index (χ2n) is 9.18. The van der Waals surface area contributed by atoms with Crippen molar-refractivity contribution in [2.45, 2.75) is 31.3 Å². The maximum Gasteiger partial charge on any atom is 0.295 e. The van der Waals surface area contributed by atoms with Gasteiger partial charge in [0.2, 0.25) is 5.91 Å². The highest BCUT2D eigenvalue weighted by atomic mass is 32.2. The van der Waals surface area contributed by atoms with E-state index in [1.807, 2.05) is 60.7 Å². The molecule has 0 atom stereocenters. The van der Waals surface area contributed by atoms with Crippen LogP contribution in [0.3, 0.4) is 0 Å². The van der Waals surface area contributed by atoms with Gasteiger partial charge in [0, 0.05) is 11.9 Å². The van der Waals surface area contributed by atoms with Gasteiger partial charge >= 0.3 is 0 Å². The monoisotopic (exact) mass is 543 g/mol. The highest BCUT2D eigenvalue weighted by Gasteiger charge is 2.25. The van der Waals surface area contributed by atoms with Crippen LogP contribution in [0.25, 0.3) is 21.6 Å². The van der Waals surface area contributed by atoms with Gasteiger partial charge in [0.25, 0.3) is 11.1 Å². The van der Waals surface area contributed by atoms with Crippen molar-refractivity contribution in [2.75, 3.05) is 11.1 Å². The molecule has 10 heteroatoms. The fourth-order valence-corrected chi connectivity index (χ4v) is 7.06. The van der Waals surface area contributed by atoms with Crippen molar-refractivity contribution in [2.24, 2.45) is 7.05 Å². The van der Waals surface area contributed by atoms with Gasteiger partial charge in [-0.25, -0.2) is 9.67 Å². The van der Waals surface area contributed by atoms with E-state index in [4.69, 9.17) is 4.98 Å². The van der Waals surface area contributed by atoms with Crippen LogP contribution in [-0.4, -0.2) is 30.6 Å². The molecule has 0 radical (unpaired) electrons. The molecule has 0 fully saturated rings. The summed E-state index contributed by atoms with van der Waals surface area (Å²) in [6.45, 7) is 1.79. The number of benzene rings is 2. The number of amides is 1. The first kappa shape index (κ1) is 24.4. The second-order valence-corrected chi connectivity index (χ2v) is 11.2. The Kier molecular flexibility index (Phi) is 6.29. The topological polar surface area (TPSA) is 90.9 Å². The van der Waals surface area contributed by atoms with Crippen molar-refractivity contribution < 1.29 is 4.79 Å². The third kappa shape index (κ3) is 4.10. The summed E-state index contributed by atoms with van der Waals surface area (Å²) >= 11 is 2.77. The van der Waals surface area contributed by atoms with E-state index in [0.29, 0.717) is 27.6 Å². The quantitative estimate of drug-likeness (QED) is 0.252. The number of nitrogens with zero attached hydrogens (tertiary/aromatic N) is 4. The van der Waals surface area contributed by atoms with Gasteiger partial charge in [0.1, 0.15) is 10.5 Å². The summed E-state index contributed by atoms with van der Waals surface area (Å²) in [7, 11) is 1.78. The lowest BCUT2D eigenvalue weighted by molar-refractivity contribution is -0.113. The molecule has 1 N–H and O–H groups in total. The first-order chi connectivity index (χ1) is 18.4. The molecule has 0 bridgehead atoms. The van der Waals surface area contributed by atoms with E-state index in [9.17, 15) is 14.4 Å². The predicted octanol–water partition coefficient (Wildman–Crippen LogP) is 4.46. The lowest BCUT2D eigenvalue weighted by Crippen LogP contribution is -2.25. The van der Waals surface area contributed by atoms with Gasteiger partial charge in [-0.3, -0.25) is 23.6 Å². The molecule has 3 heterocycles. The number of nitrogens with one attached hydrogen (secondary N) is 1. The van der Waals surface area contributed by atoms with Gasteiger partial charge in [-0.2, -0.15) is 0 Å². The standard InChI is InChI=1S/C28H25N5O3S2/c1-17-24(27(36)33(31(17)2)19-12-7-4-8-13-19)29-22(34)16-37-28-30-25-23(20-14-9-15-21(20)38-25)26(35)32(28)18-10-5-3-6-11-18/h3-8,10-13H,9,14-16H2,1-2H3,(H,29,34). The molecule has 1 amide bonds. The number of thiophene rings is 1. The number of rotatable bonds is 6. The molecule has 38 heavy (non-hydrogen) atoms. The number of anilines is 1. The number of carbonyl (C=O) groups excluding carboxylic acids is 1. The van der Waals surface area contributed by atoms with E-state index >= 15 is 0 Å². The molecular weight excluding hydrogens is 518 g/mol. The molecule has 3 aromatic heterocycles. The Morgan fingerprint density at radius 2 is 1.68 bits per heavy atom. The van der Waals surface area contributed by atoms with Crippen LogP contribution in [-0.2, 0) is 24.7 Å². The molecule has 0 aliphatic heterocycles. The van der Waals surface area contributed by atoms with Crippen LogP contribution >= 0.6 is 23.1 Å². The molecule has 0 unspecified atom stereocenters. The zero-order chi connectivity index (χ0) is 26.4. The largest absolute Gasteiger partial charge is 0.319 e. The minimum atomic E-state index is -0.344. The second kappa shape index (κ2) is 9.77. The van der Waals surface area contributed by atoms with Crippen LogP contribution in [0.4, 0.5) is 5.69 Å². The van der Waals surface area contributed by atoms with Crippen molar-refractivity contribution in [3.05, 3.63) is 97.5 Å². The van der Waals surface area contributed by atoms with Gasteiger partial charge in [-0.05, 0) is 56.0 Å². The van der Waals surface area contributed by atoms with Crippen LogP contribution in [0, 0.1) is 6.92 Å². The smallest absolute Gasteiger partial charge is 0.295 e. The Hall–Kier alpha value is -3.89. The third-order valence-electron chi connectivity index (χ3n) is 6.87. The lowest BCUT2D eigenvalue weighted by atomic mass is 10.2. The Balaban J connectivity index is 1.32. The highest BCUT2D eigenvalue weighted by Crippen LogP contribution is 2.36. The molecule has 0 saturated carbocycles. The van der Waals surface area contributed by atoms with Gasteiger partial charge in [-0.1, -0.05) is 48.2 Å². The molecule has 2 aromatic carbocycles.